The molecule has 2 N–H and O–H groups in total. The quantitative estimate of drug-likeness (QED) is 0.631. The molecule has 2 aromatic carbocycles. The first-order chi connectivity index (χ1) is 15.4. The van der Waals surface area contributed by atoms with Crippen molar-refractivity contribution < 1.29 is 14.3 Å². The third kappa shape index (κ3) is 4.63. The zero-order valence-electron chi connectivity index (χ0n) is 17.1. The highest BCUT2D eigenvalue weighted by Gasteiger charge is 2.40. The van der Waals surface area contributed by atoms with Crippen molar-refractivity contribution in [3.63, 3.8) is 0 Å². The van der Waals surface area contributed by atoms with E-state index in [1.807, 2.05) is 0 Å². The highest BCUT2D eigenvalue weighted by Crippen LogP contribution is 2.22. The minimum atomic E-state index is -0.815. The lowest BCUT2D eigenvalue weighted by Gasteiger charge is -2.24. The van der Waals surface area contributed by atoms with Crippen LogP contribution in [0.5, 0.6) is 0 Å². The summed E-state index contributed by atoms with van der Waals surface area (Å²) in [6.07, 6.45) is 3.81. The molecule has 2 heterocycles. The number of hydrogen-bond acceptors (Lipinski definition) is 5. The molecule has 1 aliphatic rings. The zero-order valence-corrected chi connectivity index (χ0v) is 17.8. The van der Waals surface area contributed by atoms with Crippen molar-refractivity contribution in [3.05, 3.63) is 82.5 Å². The Hall–Kier alpha value is -3.69. The summed E-state index contributed by atoms with van der Waals surface area (Å²) in [5, 5.41) is 6.10. The van der Waals surface area contributed by atoms with Crippen LogP contribution in [0.3, 0.4) is 0 Å². The Balaban J connectivity index is 1.45. The number of nitrogens with zero attached hydrogens (tertiary/aromatic N) is 3. The average molecular weight is 454 g/mol. The molecular formula is C22H20ClN5O4. The van der Waals surface area contributed by atoms with Crippen LogP contribution < -0.4 is 16.2 Å². The lowest BCUT2D eigenvalue weighted by Crippen LogP contribution is -2.48. The van der Waals surface area contributed by atoms with Crippen LogP contribution in [-0.2, 0) is 9.53 Å². The molecule has 0 radical (unpaired) electrons. The van der Waals surface area contributed by atoms with Crippen molar-refractivity contribution in [2.24, 2.45) is 0 Å². The summed E-state index contributed by atoms with van der Waals surface area (Å²) in [5.74, 6) is -0.380. The van der Waals surface area contributed by atoms with E-state index in [1.54, 1.807) is 61.7 Å². The van der Waals surface area contributed by atoms with E-state index in [0.717, 1.165) is 0 Å². The van der Waals surface area contributed by atoms with E-state index >= 15 is 0 Å². The number of halogens is 1. The largest absolute Gasteiger partial charge is 0.355 e. The molecular weight excluding hydrogens is 434 g/mol. The van der Waals surface area contributed by atoms with Gasteiger partial charge in [0, 0.05) is 34.5 Å². The second-order valence-electron chi connectivity index (χ2n) is 7.17. The molecule has 0 saturated carbocycles. The van der Waals surface area contributed by atoms with Crippen LogP contribution in [0.15, 0.2) is 71.9 Å². The molecule has 9 nitrogen and oxygen atoms in total. The number of amides is 3. The maximum atomic E-state index is 13.0. The van der Waals surface area contributed by atoms with Gasteiger partial charge in [0.2, 0.25) is 5.91 Å². The van der Waals surface area contributed by atoms with Gasteiger partial charge in [0.05, 0.1) is 12.3 Å². The molecule has 1 saturated heterocycles. The minimum Gasteiger partial charge on any atom is -0.355 e. The maximum absolute atomic E-state index is 13.0. The van der Waals surface area contributed by atoms with Gasteiger partial charge in [-0.15, -0.1) is 0 Å². The standard InChI is InChI=1S/C22H20ClN5O4/c1-14-20(28(13-32-14)22(31)26-17-4-2-15(23)3-5-17)21(30)25-16-6-8-18(9-7-16)27-11-10-24-12-19(27)29/h2-12,14,20H,13H2,1H3,(H,25,30)(H,26,31)/t14-,20+/m0/s1. The topological polar surface area (TPSA) is 106 Å². The van der Waals surface area contributed by atoms with Crippen LogP contribution in [0.1, 0.15) is 6.92 Å². The predicted molar refractivity (Wildman–Crippen MR) is 120 cm³/mol. The van der Waals surface area contributed by atoms with Gasteiger partial charge in [-0.2, -0.15) is 0 Å². The Morgan fingerprint density at radius 3 is 2.41 bits per heavy atom. The summed E-state index contributed by atoms with van der Waals surface area (Å²) < 4.78 is 6.98. The monoisotopic (exact) mass is 453 g/mol. The molecule has 10 heteroatoms. The summed E-state index contributed by atoms with van der Waals surface area (Å²) in [6, 6.07) is 12.2. The summed E-state index contributed by atoms with van der Waals surface area (Å²) in [5.41, 5.74) is 1.46. The molecule has 0 unspecified atom stereocenters. The molecule has 0 aliphatic carbocycles. The van der Waals surface area contributed by atoms with Gasteiger partial charge >= 0.3 is 6.03 Å². The molecule has 1 aromatic heterocycles. The fourth-order valence-corrected chi connectivity index (χ4v) is 3.50. The van der Waals surface area contributed by atoms with E-state index in [0.29, 0.717) is 22.1 Å². The Morgan fingerprint density at radius 1 is 1.06 bits per heavy atom. The van der Waals surface area contributed by atoms with E-state index in [-0.39, 0.29) is 18.2 Å². The first-order valence-electron chi connectivity index (χ1n) is 9.81. The fraction of sp³-hybridized carbons (Fsp3) is 0.182. The lowest BCUT2D eigenvalue weighted by molar-refractivity contribution is -0.120. The van der Waals surface area contributed by atoms with Crippen LogP contribution in [0.2, 0.25) is 5.02 Å². The lowest BCUT2D eigenvalue weighted by atomic mass is 10.1. The van der Waals surface area contributed by atoms with Crippen molar-refractivity contribution in [2.75, 3.05) is 17.4 Å². The molecule has 32 heavy (non-hydrogen) atoms. The first-order valence-corrected chi connectivity index (χ1v) is 10.2. The Kier molecular flexibility index (Phi) is 6.20. The van der Waals surface area contributed by atoms with Crippen LogP contribution in [0.25, 0.3) is 5.69 Å². The molecule has 0 bridgehead atoms. The Labute approximate surface area is 188 Å². The third-order valence-electron chi connectivity index (χ3n) is 5.02. The van der Waals surface area contributed by atoms with E-state index in [2.05, 4.69) is 15.6 Å². The van der Waals surface area contributed by atoms with Gasteiger partial charge in [0.15, 0.2) is 0 Å². The van der Waals surface area contributed by atoms with Crippen molar-refractivity contribution in [1.82, 2.24) is 14.5 Å². The van der Waals surface area contributed by atoms with Gasteiger partial charge in [-0.05, 0) is 55.5 Å². The van der Waals surface area contributed by atoms with E-state index in [9.17, 15) is 14.4 Å². The minimum absolute atomic E-state index is 0.0113. The number of carbonyl (C=O) groups is 2. The van der Waals surface area contributed by atoms with Crippen molar-refractivity contribution >= 4 is 34.9 Å². The van der Waals surface area contributed by atoms with Gasteiger partial charge in [0.25, 0.3) is 5.56 Å². The number of rotatable bonds is 4. The van der Waals surface area contributed by atoms with E-state index in [4.69, 9.17) is 16.3 Å². The Morgan fingerprint density at radius 2 is 1.72 bits per heavy atom. The molecule has 1 fully saturated rings. The second-order valence-corrected chi connectivity index (χ2v) is 7.61. The van der Waals surface area contributed by atoms with Crippen LogP contribution in [-0.4, -0.2) is 45.3 Å². The maximum Gasteiger partial charge on any atom is 0.324 e. The van der Waals surface area contributed by atoms with Crippen molar-refractivity contribution in [2.45, 2.75) is 19.1 Å². The summed E-state index contributed by atoms with van der Waals surface area (Å²) in [7, 11) is 0. The summed E-state index contributed by atoms with van der Waals surface area (Å²) in [4.78, 5) is 42.7. The number of ether oxygens (including phenoxy) is 1. The van der Waals surface area contributed by atoms with Gasteiger partial charge in [-0.25, -0.2) is 4.79 Å². The molecule has 164 valence electrons. The molecule has 0 spiro atoms. The number of hydrogen-bond donors (Lipinski definition) is 2. The fourth-order valence-electron chi connectivity index (χ4n) is 3.37. The van der Waals surface area contributed by atoms with E-state index in [1.165, 1.54) is 21.9 Å². The van der Waals surface area contributed by atoms with Crippen LogP contribution >= 0.6 is 11.6 Å². The van der Waals surface area contributed by atoms with E-state index < -0.39 is 18.2 Å². The zero-order chi connectivity index (χ0) is 22.7. The van der Waals surface area contributed by atoms with Crippen molar-refractivity contribution in [1.29, 1.82) is 0 Å². The highest BCUT2D eigenvalue weighted by atomic mass is 35.5. The number of urea groups is 1. The van der Waals surface area contributed by atoms with Gasteiger partial charge in [0.1, 0.15) is 12.8 Å². The SMILES string of the molecule is C[C@@H]1OCN(C(=O)Nc2ccc(Cl)cc2)[C@H]1C(=O)Nc1ccc(-n2ccncc2=O)cc1. The third-order valence-corrected chi connectivity index (χ3v) is 5.27. The molecule has 2 atom stereocenters. The van der Waals surface area contributed by atoms with Gasteiger partial charge < -0.3 is 15.4 Å². The molecule has 3 amide bonds. The van der Waals surface area contributed by atoms with Gasteiger partial charge in [-0.1, -0.05) is 11.6 Å². The highest BCUT2D eigenvalue weighted by molar-refractivity contribution is 6.30. The number of benzene rings is 2. The Bertz CT molecular complexity index is 1180. The number of nitrogens with one attached hydrogen (secondary N) is 2. The smallest absolute Gasteiger partial charge is 0.324 e. The van der Waals surface area contributed by atoms with Crippen LogP contribution in [0.4, 0.5) is 16.2 Å². The normalized spacial score (nSPS) is 17.8. The first kappa shape index (κ1) is 21.5. The van der Waals surface area contributed by atoms with Crippen molar-refractivity contribution in [3.8, 4) is 5.69 Å². The number of aromatic nitrogens is 2. The number of anilines is 2. The number of carbonyl (C=O) groups excluding carboxylic acids is 2. The second kappa shape index (κ2) is 9.21. The average Bonchev–Trinajstić information content (AvgIpc) is 3.18. The molecule has 1 aliphatic heterocycles. The van der Waals surface area contributed by atoms with Crippen LogP contribution in [0, 0.1) is 0 Å². The summed E-state index contributed by atoms with van der Waals surface area (Å²) >= 11 is 5.87. The van der Waals surface area contributed by atoms with Gasteiger partial charge in [-0.3, -0.25) is 24.0 Å². The summed E-state index contributed by atoms with van der Waals surface area (Å²) in [6.45, 7) is 1.72. The molecule has 4 rings (SSSR count). The predicted octanol–water partition coefficient (Wildman–Crippen LogP) is 3.10. The molecule has 3 aromatic rings.